The minimum absolute atomic E-state index is 0.247. The van der Waals surface area contributed by atoms with Crippen molar-refractivity contribution in [2.75, 3.05) is 5.32 Å². The molecule has 6 heteroatoms. The first-order valence-corrected chi connectivity index (χ1v) is 7.68. The minimum atomic E-state index is -0.247. The number of benzene rings is 2. The minimum Gasteiger partial charge on any atom is -0.322 e. The molecule has 1 aromatic heterocycles. The molecule has 0 bridgehead atoms. The van der Waals surface area contributed by atoms with Crippen molar-refractivity contribution in [3.63, 3.8) is 0 Å². The van der Waals surface area contributed by atoms with E-state index in [1.54, 1.807) is 29.1 Å². The van der Waals surface area contributed by atoms with Gasteiger partial charge >= 0.3 is 0 Å². The van der Waals surface area contributed by atoms with Gasteiger partial charge in [0.25, 0.3) is 5.91 Å². The van der Waals surface area contributed by atoms with Gasteiger partial charge in [-0.3, -0.25) is 4.79 Å². The largest absolute Gasteiger partial charge is 0.322 e. The molecule has 0 saturated carbocycles. The summed E-state index contributed by atoms with van der Waals surface area (Å²) >= 11 is 11.8. The number of halogens is 2. The van der Waals surface area contributed by atoms with Crippen LogP contribution in [0.4, 0.5) is 5.69 Å². The second-order valence-corrected chi connectivity index (χ2v) is 5.79. The molecule has 116 valence electrons. The molecule has 0 unspecified atom stereocenters. The van der Waals surface area contributed by atoms with Gasteiger partial charge in [0, 0.05) is 5.69 Å². The SMILES string of the molecule is Cc1c(C(=O)Nc2ccc(Cl)c(Cl)c2)cnn1-c1ccccc1. The number of nitrogens with one attached hydrogen (secondary N) is 1. The van der Waals surface area contributed by atoms with E-state index in [2.05, 4.69) is 10.4 Å². The van der Waals surface area contributed by atoms with E-state index < -0.39 is 0 Å². The van der Waals surface area contributed by atoms with E-state index in [4.69, 9.17) is 23.2 Å². The average Bonchev–Trinajstić information content (AvgIpc) is 2.93. The summed E-state index contributed by atoms with van der Waals surface area (Å²) < 4.78 is 1.73. The van der Waals surface area contributed by atoms with Gasteiger partial charge in [0.05, 0.1) is 33.2 Å². The summed E-state index contributed by atoms with van der Waals surface area (Å²) in [6.07, 6.45) is 1.55. The van der Waals surface area contributed by atoms with E-state index in [1.807, 2.05) is 37.3 Å². The number of hydrogen-bond acceptors (Lipinski definition) is 2. The molecule has 0 aliphatic rings. The molecule has 1 heterocycles. The first-order valence-electron chi connectivity index (χ1n) is 6.92. The molecular weight excluding hydrogens is 333 g/mol. The third kappa shape index (κ3) is 3.23. The smallest absolute Gasteiger partial charge is 0.259 e. The molecule has 0 aliphatic carbocycles. The van der Waals surface area contributed by atoms with Crippen LogP contribution in [0.5, 0.6) is 0 Å². The molecule has 2 aromatic carbocycles. The fraction of sp³-hybridized carbons (Fsp3) is 0.0588. The van der Waals surface area contributed by atoms with Crippen molar-refractivity contribution < 1.29 is 4.79 Å². The number of para-hydroxylation sites is 1. The third-order valence-corrected chi connectivity index (χ3v) is 4.17. The first-order chi connectivity index (χ1) is 11.1. The van der Waals surface area contributed by atoms with Crippen LogP contribution in [0.2, 0.25) is 10.0 Å². The molecule has 0 fully saturated rings. The highest BCUT2D eigenvalue weighted by molar-refractivity contribution is 6.42. The van der Waals surface area contributed by atoms with Crippen molar-refractivity contribution in [3.8, 4) is 5.69 Å². The zero-order valence-corrected chi connectivity index (χ0v) is 13.8. The number of amides is 1. The molecule has 0 radical (unpaired) electrons. The molecule has 23 heavy (non-hydrogen) atoms. The number of hydrogen-bond donors (Lipinski definition) is 1. The number of rotatable bonds is 3. The summed E-state index contributed by atoms with van der Waals surface area (Å²) in [6, 6.07) is 14.6. The zero-order chi connectivity index (χ0) is 16.4. The Balaban J connectivity index is 1.86. The number of aromatic nitrogens is 2. The first kappa shape index (κ1) is 15.6. The number of carbonyl (C=O) groups excluding carboxylic acids is 1. The van der Waals surface area contributed by atoms with Crippen LogP contribution in [0.15, 0.2) is 54.7 Å². The Morgan fingerprint density at radius 1 is 1.09 bits per heavy atom. The highest BCUT2D eigenvalue weighted by atomic mass is 35.5. The van der Waals surface area contributed by atoms with Gasteiger partial charge in [-0.1, -0.05) is 41.4 Å². The second-order valence-electron chi connectivity index (χ2n) is 4.97. The van der Waals surface area contributed by atoms with Crippen molar-refractivity contribution in [1.82, 2.24) is 9.78 Å². The summed E-state index contributed by atoms with van der Waals surface area (Å²) in [6.45, 7) is 1.85. The Bertz CT molecular complexity index is 860. The van der Waals surface area contributed by atoms with Crippen LogP contribution in [-0.2, 0) is 0 Å². The molecule has 3 rings (SSSR count). The lowest BCUT2D eigenvalue weighted by atomic mass is 10.2. The fourth-order valence-electron chi connectivity index (χ4n) is 2.23. The van der Waals surface area contributed by atoms with Crippen LogP contribution in [0.25, 0.3) is 5.69 Å². The summed E-state index contributed by atoms with van der Waals surface area (Å²) in [5.74, 6) is -0.247. The summed E-state index contributed by atoms with van der Waals surface area (Å²) in [5, 5.41) is 7.92. The van der Waals surface area contributed by atoms with Crippen LogP contribution < -0.4 is 5.32 Å². The van der Waals surface area contributed by atoms with E-state index >= 15 is 0 Å². The van der Waals surface area contributed by atoms with E-state index in [0.717, 1.165) is 11.4 Å². The van der Waals surface area contributed by atoms with E-state index in [-0.39, 0.29) is 5.91 Å². The van der Waals surface area contributed by atoms with E-state index in [0.29, 0.717) is 21.3 Å². The lowest BCUT2D eigenvalue weighted by molar-refractivity contribution is 0.102. The maximum absolute atomic E-state index is 12.4. The van der Waals surface area contributed by atoms with Crippen molar-refractivity contribution >= 4 is 34.8 Å². The van der Waals surface area contributed by atoms with Gasteiger partial charge in [-0.05, 0) is 37.3 Å². The lowest BCUT2D eigenvalue weighted by Gasteiger charge is -2.07. The fourth-order valence-corrected chi connectivity index (χ4v) is 2.53. The van der Waals surface area contributed by atoms with Crippen molar-refractivity contribution in [3.05, 3.63) is 76.0 Å². The van der Waals surface area contributed by atoms with Crippen LogP contribution in [0, 0.1) is 6.92 Å². The number of carbonyl (C=O) groups is 1. The predicted octanol–water partition coefficient (Wildman–Crippen LogP) is 4.74. The van der Waals surface area contributed by atoms with Gasteiger partial charge in [-0.15, -0.1) is 0 Å². The van der Waals surface area contributed by atoms with Crippen molar-refractivity contribution in [2.24, 2.45) is 0 Å². The molecule has 4 nitrogen and oxygen atoms in total. The van der Waals surface area contributed by atoms with Crippen molar-refractivity contribution in [1.29, 1.82) is 0 Å². The topological polar surface area (TPSA) is 46.9 Å². The third-order valence-electron chi connectivity index (χ3n) is 3.43. The molecule has 1 N–H and O–H groups in total. The molecule has 0 saturated heterocycles. The maximum atomic E-state index is 12.4. The highest BCUT2D eigenvalue weighted by Crippen LogP contribution is 2.25. The van der Waals surface area contributed by atoms with Crippen LogP contribution in [0.1, 0.15) is 16.1 Å². The summed E-state index contributed by atoms with van der Waals surface area (Å²) in [5.41, 5.74) is 2.74. The van der Waals surface area contributed by atoms with Crippen molar-refractivity contribution in [2.45, 2.75) is 6.92 Å². The van der Waals surface area contributed by atoms with Crippen LogP contribution in [0.3, 0.4) is 0 Å². The van der Waals surface area contributed by atoms with Gasteiger partial charge in [-0.2, -0.15) is 5.10 Å². The average molecular weight is 346 g/mol. The normalized spacial score (nSPS) is 10.6. The summed E-state index contributed by atoms with van der Waals surface area (Å²) in [7, 11) is 0. The highest BCUT2D eigenvalue weighted by Gasteiger charge is 2.15. The Hall–Kier alpha value is -2.30. The monoisotopic (exact) mass is 345 g/mol. The summed E-state index contributed by atoms with van der Waals surface area (Å²) in [4.78, 5) is 12.4. The second kappa shape index (κ2) is 6.44. The standard InChI is InChI=1S/C17H13Cl2N3O/c1-11-14(10-20-22(11)13-5-3-2-4-6-13)17(23)21-12-7-8-15(18)16(19)9-12/h2-10H,1H3,(H,21,23). The van der Waals surface area contributed by atoms with Gasteiger partial charge < -0.3 is 5.32 Å². The van der Waals surface area contributed by atoms with Gasteiger partial charge in [0.15, 0.2) is 0 Å². The molecule has 0 spiro atoms. The molecule has 0 aliphatic heterocycles. The number of nitrogens with zero attached hydrogens (tertiary/aromatic N) is 2. The molecule has 3 aromatic rings. The lowest BCUT2D eigenvalue weighted by Crippen LogP contribution is -2.13. The Morgan fingerprint density at radius 2 is 1.83 bits per heavy atom. The van der Waals surface area contributed by atoms with E-state index in [1.165, 1.54) is 0 Å². The molecular formula is C17H13Cl2N3O. The Morgan fingerprint density at radius 3 is 2.52 bits per heavy atom. The maximum Gasteiger partial charge on any atom is 0.259 e. The van der Waals surface area contributed by atoms with E-state index in [9.17, 15) is 4.79 Å². The van der Waals surface area contributed by atoms with Crippen LogP contribution in [-0.4, -0.2) is 15.7 Å². The zero-order valence-electron chi connectivity index (χ0n) is 12.3. The van der Waals surface area contributed by atoms with Gasteiger partial charge in [0.1, 0.15) is 0 Å². The Kier molecular flexibility index (Phi) is 4.37. The van der Waals surface area contributed by atoms with Gasteiger partial charge in [0.2, 0.25) is 0 Å². The molecule has 0 atom stereocenters. The number of anilines is 1. The predicted molar refractivity (Wildman–Crippen MR) is 92.7 cm³/mol. The van der Waals surface area contributed by atoms with Crippen LogP contribution >= 0.6 is 23.2 Å². The quantitative estimate of drug-likeness (QED) is 0.745. The Labute approximate surface area is 143 Å². The molecule has 1 amide bonds. The van der Waals surface area contributed by atoms with Gasteiger partial charge in [-0.25, -0.2) is 4.68 Å².